The minimum absolute atomic E-state index is 0.0630. The van der Waals surface area contributed by atoms with Gasteiger partial charge < -0.3 is 5.32 Å². The molecule has 0 spiro atoms. The van der Waals surface area contributed by atoms with Crippen molar-refractivity contribution in [2.75, 3.05) is 5.32 Å². The van der Waals surface area contributed by atoms with Crippen molar-refractivity contribution in [1.29, 1.82) is 0 Å². The summed E-state index contributed by atoms with van der Waals surface area (Å²) in [5, 5.41) is 3.76. The van der Waals surface area contributed by atoms with Gasteiger partial charge in [-0.25, -0.2) is 0 Å². The third kappa shape index (κ3) is 4.78. The molecule has 0 aliphatic carbocycles. The number of thioether (sulfide) groups is 1. The number of aryl methyl sites for hydroxylation is 2. The maximum absolute atomic E-state index is 12.8. The molecule has 0 radical (unpaired) electrons. The normalized spacial score (nSPS) is 12.0. The lowest BCUT2D eigenvalue weighted by molar-refractivity contribution is -0.115. The first-order valence-corrected chi connectivity index (χ1v) is 9.68. The van der Waals surface area contributed by atoms with E-state index >= 15 is 0 Å². The molecule has 0 unspecified atom stereocenters. The predicted molar refractivity (Wildman–Crippen MR) is 105 cm³/mol. The summed E-state index contributed by atoms with van der Waals surface area (Å²) in [5.74, 6) is 0.0630. The van der Waals surface area contributed by atoms with Crippen LogP contribution in [0.3, 0.4) is 0 Å². The minimum atomic E-state index is -0.124. The number of anilines is 1. The van der Waals surface area contributed by atoms with E-state index < -0.39 is 0 Å². The molecular formula is C20H24ClNOS. The molecule has 1 amide bonds. The zero-order chi connectivity index (χ0) is 17.5. The molecule has 0 aromatic heterocycles. The average molecular weight is 362 g/mol. The summed E-state index contributed by atoms with van der Waals surface area (Å²) < 4.78 is 0. The van der Waals surface area contributed by atoms with E-state index in [1.165, 1.54) is 11.1 Å². The fraction of sp³-hybridized carbons (Fsp3) is 0.350. The Morgan fingerprint density at radius 1 is 1.04 bits per heavy atom. The van der Waals surface area contributed by atoms with Crippen molar-refractivity contribution in [1.82, 2.24) is 0 Å². The van der Waals surface area contributed by atoms with Crippen LogP contribution in [0.15, 0.2) is 47.4 Å². The van der Waals surface area contributed by atoms with Crippen LogP contribution in [0.5, 0.6) is 0 Å². The summed E-state index contributed by atoms with van der Waals surface area (Å²) >= 11 is 7.51. The van der Waals surface area contributed by atoms with Crippen molar-refractivity contribution in [3.8, 4) is 0 Å². The largest absolute Gasteiger partial charge is 0.325 e. The maximum Gasteiger partial charge on any atom is 0.237 e. The van der Waals surface area contributed by atoms with Gasteiger partial charge in [-0.1, -0.05) is 50.6 Å². The Hall–Kier alpha value is -1.45. The third-order valence-corrected chi connectivity index (χ3v) is 5.63. The highest BCUT2D eigenvalue weighted by Crippen LogP contribution is 2.29. The first-order chi connectivity index (χ1) is 11.6. The quantitative estimate of drug-likeness (QED) is 0.615. The smallest absolute Gasteiger partial charge is 0.237 e. The summed E-state index contributed by atoms with van der Waals surface area (Å²) in [4.78, 5) is 13.8. The number of amides is 1. The van der Waals surface area contributed by atoms with Gasteiger partial charge in [0.2, 0.25) is 5.91 Å². The molecule has 128 valence electrons. The Bertz CT molecular complexity index is 662. The lowest BCUT2D eigenvalue weighted by atomic mass is 10.0. The number of carbonyl (C=O) groups is 1. The zero-order valence-electron chi connectivity index (χ0n) is 14.4. The topological polar surface area (TPSA) is 29.1 Å². The highest BCUT2D eigenvalue weighted by molar-refractivity contribution is 8.00. The molecule has 0 heterocycles. The van der Waals surface area contributed by atoms with Gasteiger partial charge in [-0.15, -0.1) is 11.8 Å². The van der Waals surface area contributed by atoms with E-state index in [-0.39, 0.29) is 11.2 Å². The predicted octanol–water partition coefficient (Wildman–Crippen LogP) is 5.97. The highest BCUT2D eigenvalue weighted by Gasteiger charge is 2.20. The molecule has 0 bridgehead atoms. The van der Waals surface area contributed by atoms with Crippen LogP contribution in [0.4, 0.5) is 5.69 Å². The lowest BCUT2D eigenvalue weighted by Crippen LogP contribution is -2.25. The van der Waals surface area contributed by atoms with E-state index in [1.807, 2.05) is 31.2 Å². The van der Waals surface area contributed by atoms with Gasteiger partial charge in [0.25, 0.3) is 0 Å². The van der Waals surface area contributed by atoms with Gasteiger partial charge in [-0.05, 0) is 54.7 Å². The van der Waals surface area contributed by atoms with E-state index in [9.17, 15) is 4.79 Å². The number of hydrogen-bond donors (Lipinski definition) is 1. The first-order valence-electron chi connectivity index (χ1n) is 8.42. The second-order valence-corrected chi connectivity index (χ2v) is 7.33. The minimum Gasteiger partial charge on any atom is -0.325 e. The lowest BCUT2D eigenvalue weighted by Gasteiger charge is -2.19. The molecule has 2 aromatic carbocycles. The van der Waals surface area contributed by atoms with Crippen LogP contribution in [0.1, 0.15) is 38.3 Å². The van der Waals surface area contributed by atoms with E-state index in [1.54, 1.807) is 11.8 Å². The van der Waals surface area contributed by atoms with Gasteiger partial charge in [0.15, 0.2) is 0 Å². The van der Waals surface area contributed by atoms with Gasteiger partial charge in [0, 0.05) is 15.6 Å². The summed E-state index contributed by atoms with van der Waals surface area (Å²) in [7, 11) is 0. The molecule has 1 atom stereocenters. The first kappa shape index (κ1) is 18.9. The fourth-order valence-electron chi connectivity index (χ4n) is 2.61. The van der Waals surface area contributed by atoms with Gasteiger partial charge in [-0.2, -0.15) is 0 Å². The highest BCUT2D eigenvalue weighted by atomic mass is 35.5. The van der Waals surface area contributed by atoms with Crippen LogP contribution in [0.2, 0.25) is 5.02 Å². The second-order valence-electron chi connectivity index (χ2n) is 5.62. The molecule has 24 heavy (non-hydrogen) atoms. The van der Waals surface area contributed by atoms with E-state index in [0.29, 0.717) is 5.02 Å². The second kappa shape index (κ2) is 9.14. The van der Waals surface area contributed by atoms with Crippen LogP contribution in [0.25, 0.3) is 0 Å². The van der Waals surface area contributed by atoms with Crippen molar-refractivity contribution >= 4 is 35.0 Å². The van der Waals surface area contributed by atoms with Crippen LogP contribution >= 0.6 is 23.4 Å². The standard InChI is InChI=1S/C20H24ClNOS/c1-4-14-8-7-9-15(5-2)19(14)22-20(23)18(6-3)24-17-12-10-16(21)11-13-17/h7-13,18H,4-6H2,1-3H3,(H,22,23)/t18-/m1/s1. The van der Waals surface area contributed by atoms with Crippen molar-refractivity contribution in [3.63, 3.8) is 0 Å². The van der Waals surface area contributed by atoms with Gasteiger partial charge in [-0.3, -0.25) is 4.79 Å². The Morgan fingerprint density at radius 3 is 2.12 bits per heavy atom. The molecule has 0 saturated carbocycles. The van der Waals surface area contributed by atoms with Crippen molar-refractivity contribution in [3.05, 3.63) is 58.6 Å². The molecular weight excluding hydrogens is 338 g/mol. The molecule has 2 nitrogen and oxygen atoms in total. The molecule has 0 aliphatic heterocycles. The van der Waals surface area contributed by atoms with Crippen molar-refractivity contribution < 1.29 is 4.79 Å². The zero-order valence-corrected chi connectivity index (χ0v) is 16.0. The number of halogens is 1. The van der Waals surface area contributed by atoms with Gasteiger partial charge in [0.05, 0.1) is 5.25 Å². The number of hydrogen-bond acceptors (Lipinski definition) is 2. The molecule has 0 fully saturated rings. The summed E-state index contributed by atoms with van der Waals surface area (Å²) in [6, 6.07) is 13.9. The number of para-hydroxylation sites is 1. The average Bonchev–Trinajstić information content (AvgIpc) is 2.61. The summed E-state index contributed by atoms with van der Waals surface area (Å²) in [6.45, 7) is 6.27. The van der Waals surface area contributed by atoms with Crippen molar-refractivity contribution in [2.24, 2.45) is 0 Å². The molecule has 0 saturated heterocycles. The maximum atomic E-state index is 12.8. The fourth-order valence-corrected chi connectivity index (χ4v) is 3.69. The Balaban J connectivity index is 2.16. The number of carbonyl (C=O) groups excluding carboxylic acids is 1. The third-order valence-electron chi connectivity index (χ3n) is 4.00. The Morgan fingerprint density at radius 2 is 1.62 bits per heavy atom. The SMILES string of the molecule is CCc1cccc(CC)c1NC(=O)[C@@H](CC)Sc1ccc(Cl)cc1. The molecule has 2 rings (SSSR count). The molecule has 1 N–H and O–H groups in total. The molecule has 0 aliphatic rings. The van der Waals surface area contributed by atoms with E-state index in [0.717, 1.165) is 29.8 Å². The molecule has 4 heteroatoms. The van der Waals surface area contributed by atoms with E-state index in [4.69, 9.17) is 11.6 Å². The van der Waals surface area contributed by atoms with Gasteiger partial charge >= 0.3 is 0 Å². The Kier molecular flexibility index (Phi) is 7.19. The van der Waals surface area contributed by atoms with Crippen LogP contribution < -0.4 is 5.32 Å². The summed E-state index contributed by atoms with van der Waals surface area (Å²) in [6.07, 6.45) is 2.59. The van der Waals surface area contributed by atoms with Crippen LogP contribution in [0, 0.1) is 0 Å². The number of nitrogens with one attached hydrogen (secondary N) is 1. The van der Waals surface area contributed by atoms with E-state index in [2.05, 4.69) is 37.4 Å². The summed E-state index contributed by atoms with van der Waals surface area (Å²) in [5.41, 5.74) is 3.37. The number of benzene rings is 2. The number of rotatable bonds is 7. The van der Waals surface area contributed by atoms with Crippen LogP contribution in [-0.4, -0.2) is 11.2 Å². The van der Waals surface area contributed by atoms with Crippen molar-refractivity contribution in [2.45, 2.75) is 50.2 Å². The Labute approximate surface area is 154 Å². The monoisotopic (exact) mass is 361 g/mol. The van der Waals surface area contributed by atoms with Crippen LogP contribution in [-0.2, 0) is 17.6 Å². The van der Waals surface area contributed by atoms with Gasteiger partial charge in [0.1, 0.15) is 0 Å². The molecule has 2 aromatic rings.